The summed E-state index contributed by atoms with van der Waals surface area (Å²) in [5.74, 6) is 0. The zero-order valence-electron chi connectivity index (χ0n) is 16.4. The van der Waals surface area contributed by atoms with Crippen LogP contribution in [0.2, 0.25) is 0 Å². The Morgan fingerprint density at radius 1 is 1.21 bits per heavy atom. The molecule has 1 saturated heterocycles. The van der Waals surface area contributed by atoms with Crippen LogP contribution < -0.4 is 10.2 Å². The first-order chi connectivity index (χ1) is 13.9. The molecule has 0 amide bonds. The molecule has 4 rings (SSSR count). The third-order valence-corrected chi connectivity index (χ3v) is 7.18. The van der Waals surface area contributed by atoms with Gasteiger partial charge in [-0.1, -0.05) is 18.2 Å². The molecule has 1 unspecified atom stereocenters. The number of nitrogens with zero attached hydrogens (tertiary/aromatic N) is 3. The summed E-state index contributed by atoms with van der Waals surface area (Å²) in [5.41, 5.74) is 3.66. The Kier molecular flexibility index (Phi) is 4.94. The standard InChI is InChI=1S/C21H23N5O2S/c1-25(2)29(27,28)17-7-8-21(26-10-9-16(13-26)23-14-22)18(12-17)20-11-15-5-3-4-6-19(15)24-20/h3-8,11-12,16,23-24H,9-10,13H2,1-2H3. The summed E-state index contributed by atoms with van der Waals surface area (Å²) < 4.78 is 26.6. The number of fused-ring (bicyclic) bond motifs is 1. The SMILES string of the molecule is CN(C)S(=O)(=O)c1ccc(N2CCC(NC#N)C2)c(-c2cc3ccccc3[nH]2)c1. The second kappa shape index (κ2) is 7.43. The number of aromatic amines is 1. The number of nitriles is 1. The second-order valence-corrected chi connectivity index (χ2v) is 9.58. The highest BCUT2D eigenvalue weighted by atomic mass is 32.2. The van der Waals surface area contributed by atoms with E-state index in [4.69, 9.17) is 5.26 Å². The van der Waals surface area contributed by atoms with E-state index in [1.807, 2.05) is 42.6 Å². The Balaban J connectivity index is 1.84. The minimum atomic E-state index is -3.55. The number of hydrogen-bond acceptors (Lipinski definition) is 5. The van der Waals surface area contributed by atoms with E-state index in [1.165, 1.54) is 18.4 Å². The highest BCUT2D eigenvalue weighted by Gasteiger charge is 2.26. The summed E-state index contributed by atoms with van der Waals surface area (Å²) in [6.07, 6.45) is 2.88. The lowest BCUT2D eigenvalue weighted by Crippen LogP contribution is -2.29. The van der Waals surface area contributed by atoms with Crippen LogP contribution in [0.3, 0.4) is 0 Å². The zero-order valence-corrected chi connectivity index (χ0v) is 17.2. The molecule has 3 aromatic rings. The summed E-state index contributed by atoms with van der Waals surface area (Å²) in [4.78, 5) is 5.87. The lowest BCUT2D eigenvalue weighted by molar-refractivity contribution is 0.521. The molecular weight excluding hydrogens is 386 g/mol. The molecule has 1 fully saturated rings. The molecule has 0 spiro atoms. The third kappa shape index (κ3) is 3.55. The molecule has 150 valence electrons. The molecule has 0 radical (unpaired) electrons. The van der Waals surface area contributed by atoms with Gasteiger partial charge in [-0.15, -0.1) is 0 Å². The lowest BCUT2D eigenvalue weighted by atomic mass is 10.1. The minimum absolute atomic E-state index is 0.0979. The van der Waals surface area contributed by atoms with Gasteiger partial charge in [0.15, 0.2) is 6.19 Å². The van der Waals surface area contributed by atoms with Crippen LogP contribution in [0.15, 0.2) is 53.4 Å². The minimum Gasteiger partial charge on any atom is -0.369 e. The van der Waals surface area contributed by atoms with E-state index < -0.39 is 10.0 Å². The van der Waals surface area contributed by atoms with Crippen molar-refractivity contribution < 1.29 is 8.42 Å². The molecule has 29 heavy (non-hydrogen) atoms. The van der Waals surface area contributed by atoms with Crippen molar-refractivity contribution in [2.45, 2.75) is 17.4 Å². The highest BCUT2D eigenvalue weighted by molar-refractivity contribution is 7.89. The van der Waals surface area contributed by atoms with Crippen LogP contribution in [0.25, 0.3) is 22.2 Å². The van der Waals surface area contributed by atoms with Crippen molar-refractivity contribution in [3.8, 4) is 17.5 Å². The van der Waals surface area contributed by atoms with Gasteiger partial charge in [0.2, 0.25) is 10.0 Å². The van der Waals surface area contributed by atoms with Gasteiger partial charge in [-0.05, 0) is 36.8 Å². The first-order valence-electron chi connectivity index (χ1n) is 9.44. The van der Waals surface area contributed by atoms with Crippen LogP contribution in [-0.4, -0.2) is 50.9 Å². The van der Waals surface area contributed by atoms with Crippen molar-refractivity contribution in [1.82, 2.24) is 14.6 Å². The maximum Gasteiger partial charge on any atom is 0.242 e. The Morgan fingerprint density at radius 2 is 2.00 bits per heavy atom. The Labute approximate surface area is 170 Å². The molecule has 0 aliphatic carbocycles. The van der Waals surface area contributed by atoms with Crippen LogP contribution in [0.4, 0.5) is 5.69 Å². The average Bonchev–Trinajstić information content (AvgIpc) is 3.34. The van der Waals surface area contributed by atoms with E-state index in [2.05, 4.69) is 15.2 Å². The van der Waals surface area contributed by atoms with Crippen molar-refractivity contribution in [1.29, 1.82) is 5.26 Å². The summed E-state index contributed by atoms with van der Waals surface area (Å²) in [7, 11) is -0.487. The molecule has 1 aliphatic rings. The number of anilines is 1. The zero-order chi connectivity index (χ0) is 20.6. The number of aromatic nitrogens is 1. The van der Waals surface area contributed by atoms with Crippen molar-refractivity contribution in [2.24, 2.45) is 0 Å². The number of hydrogen-bond donors (Lipinski definition) is 2. The number of rotatable bonds is 5. The predicted molar refractivity (Wildman–Crippen MR) is 114 cm³/mol. The average molecular weight is 410 g/mol. The van der Waals surface area contributed by atoms with Crippen LogP contribution >= 0.6 is 0 Å². The molecule has 2 heterocycles. The first kappa shape index (κ1) is 19.3. The van der Waals surface area contributed by atoms with Crippen LogP contribution in [-0.2, 0) is 10.0 Å². The maximum absolute atomic E-state index is 12.7. The molecule has 7 nitrogen and oxygen atoms in total. The largest absolute Gasteiger partial charge is 0.369 e. The fraction of sp³-hybridized carbons (Fsp3) is 0.286. The van der Waals surface area contributed by atoms with Gasteiger partial charge in [-0.2, -0.15) is 5.26 Å². The fourth-order valence-electron chi connectivity index (χ4n) is 3.78. The molecule has 8 heteroatoms. The summed E-state index contributed by atoms with van der Waals surface area (Å²) in [6.45, 7) is 1.49. The van der Waals surface area contributed by atoms with E-state index in [0.717, 1.165) is 40.8 Å². The molecule has 0 saturated carbocycles. The molecular formula is C21H23N5O2S. The molecule has 2 N–H and O–H groups in total. The third-order valence-electron chi connectivity index (χ3n) is 5.36. The number of nitrogens with one attached hydrogen (secondary N) is 2. The second-order valence-electron chi connectivity index (χ2n) is 7.42. The summed E-state index contributed by atoms with van der Waals surface area (Å²) in [6, 6.07) is 15.4. The molecule has 0 bridgehead atoms. The van der Waals surface area contributed by atoms with Gasteiger partial charge in [0, 0.05) is 55.0 Å². The Bertz CT molecular complexity index is 1160. The normalized spacial score (nSPS) is 17.0. The maximum atomic E-state index is 12.7. The van der Waals surface area contributed by atoms with Gasteiger partial charge in [-0.3, -0.25) is 0 Å². The number of para-hydroxylation sites is 1. The van der Waals surface area contributed by atoms with Crippen molar-refractivity contribution >= 4 is 26.6 Å². The first-order valence-corrected chi connectivity index (χ1v) is 10.9. The van der Waals surface area contributed by atoms with Gasteiger partial charge in [0.05, 0.1) is 10.9 Å². The number of sulfonamides is 1. The molecule has 2 aromatic carbocycles. The quantitative estimate of drug-likeness (QED) is 0.499. The predicted octanol–water partition coefficient (Wildman–Crippen LogP) is 2.73. The molecule has 1 aromatic heterocycles. The number of benzene rings is 2. The van der Waals surface area contributed by atoms with Crippen molar-refractivity contribution in [3.05, 3.63) is 48.5 Å². The molecule has 1 aliphatic heterocycles. The smallest absolute Gasteiger partial charge is 0.242 e. The lowest BCUT2D eigenvalue weighted by Gasteiger charge is -2.23. The van der Waals surface area contributed by atoms with Crippen LogP contribution in [0.5, 0.6) is 0 Å². The van der Waals surface area contributed by atoms with E-state index in [9.17, 15) is 8.42 Å². The van der Waals surface area contributed by atoms with Gasteiger partial charge in [0.1, 0.15) is 0 Å². The van der Waals surface area contributed by atoms with Crippen molar-refractivity contribution in [3.63, 3.8) is 0 Å². The summed E-state index contributed by atoms with van der Waals surface area (Å²) in [5, 5.41) is 12.8. The Hall–Kier alpha value is -3.02. The van der Waals surface area contributed by atoms with Crippen LogP contribution in [0.1, 0.15) is 6.42 Å². The fourth-order valence-corrected chi connectivity index (χ4v) is 4.71. The van der Waals surface area contributed by atoms with E-state index in [-0.39, 0.29) is 10.9 Å². The van der Waals surface area contributed by atoms with Gasteiger partial charge < -0.3 is 15.2 Å². The van der Waals surface area contributed by atoms with Gasteiger partial charge >= 0.3 is 0 Å². The van der Waals surface area contributed by atoms with Gasteiger partial charge in [0.25, 0.3) is 0 Å². The van der Waals surface area contributed by atoms with E-state index in [1.54, 1.807) is 12.1 Å². The topological polar surface area (TPSA) is 92.2 Å². The molecule has 1 atom stereocenters. The number of H-pyrrole nitrogens is 1. The van der Waals surface area contributed by atoms with E-state index in [0.29, 0.717) is 6.54 Å². The summed E-state index contributed by atoms with van der Waals surface area (Å²) >= 11 is 0. The van der Waals surface area contributed by atoms with E-state index >= 15 is 0 Å². The van der Waals surface area contributed by atoms with Crippen LogP contribution in [0, 0.1) is 11.5 Å². The monoisotopic (exact) mass is 409 g/mol. The van der Waals surface area contributed by atoms with Crippen molar-refractivity contribution in [2.75, 3.05) is 32.1 Å². The highest BCUT2D eigenvalue weighted by Crippen LogP contribution is 2.36. The Morgan fingerprint density at radius 3 is 2.72 bits per heavy atom. The van der Waals surface area contributed by atoms with Gasteiger partial charge in [-0.25, -0.2) is 12.7 Å².